The molecule has 0 aromatic carbocycles. The molecule has 0 spiro atoms. The van der Waals surface area contributed by atoms with Crippen LogP contribution in [0.2, 0.25) is 0 Å². The molecule has 0 fully saturated rings. The number of hydrogen-bond acceptors (Lipinski definition) is 2. The zero-order valence-electron chi connectivity index (χ0n) is 11.9. The van der Waals surface area contributed by atoms with Gasteiger partial charge in [0.1, 0.15) is 0 Å². The van der Waals surface area contributed by atoms with E-state index in [-0.39, 0.29) is 29.6 Å². The zero-order chi connectivity index (χ0) is 13.6. The minimum atomic E-state index is -4.67. The van der Waals surface area contributed by atoms with E-state index in [9.17, 15) is 0 Å². The summed E-state index contributed by atoms with van der Waals surface area (Å²) in [6.45, 7) is 6.12. The van der Waals surface area contributed by atoms with E-state index in [4.69, 9.17) is 17.5 Å². The predicted molar refractivity (Wildman–Crippen MR) is 77.1 cm³/mol. The van der Waals surface area contributed by atoms with Gasteiger partial charge in [0, 0.05) is 29.6 Å². The first kappa shape index (κ1) is 23.9. The first-order valence-electron chi connectivity index (χ1n) is 6.41. The minimum Gasteiger partial charge on any atom is -0.264 e. The van der Waals surface area contributed by atoms with E-state index in [1.54, 1.807) is 0 Å². The number of unbranched alkanes of at least 4 members (excludes halogenated alkanes) is 9. The molecule has 2 radical (unpaired) electrons. The maximum absolute atomic E-state index is 8.74. The van der Waals surface area contributed by atoms with E-state index in [0.717, 1.165) is 6.42 Å². The smallest absolute Gasteiger partial charge is 0.264 e. The molecule has 106 valence electrons. The van der Waals surface area contributed by atoms with Gasteiger partial charge in [-0.05, 0) is 0 Å². The number of rotatable bonds is 9. The second-order valence-electron chi connectivity index (χ2n) is 4.13. The van der Waals surface area contributed by atoms with Gasteiger partial charge in [0.15, 0.2) is 0 Å². The molecule has 0 aliphatic rings. The van der Waals surface area contributed by atoms with Crippen LogP contribution in [0.1, 0.15) is 71.1 Å². The molecule has 18 heavy (non-hydrogen) atoms. The van der Waals surface area contributed by atoms with E-state index in [1.165, 1.54) is 57.8 Å². The Kier molecular flexibility index (Phi) is 23.8. The molecule has 0 saturated carbocycles. The molecular formula is C12H27NaO4S. The fraction of sp³-hybridized carbons (Fsp3) is 0.917. The van der Waals surface area contributed by atoms with Gasteiger partial charge in [-0.25, -0.2) is 0 Å². The molecule has 0 unspecified atom stereocenters. The van der Waals surface area contributed by atoms with Crippen LogP contribution in [0.25, 0.3) is 0 Å². The maximum Gasteiger partial charge on any atom is 0.394 e. The Hall–Kier alpha value is 0.870. The predicted octanol–water partition coefficient (Wildman–Crippen LogP) is 3.71. The molecule has 0 rings (SSSR count). The van der Waals surface area contributed by atoms with Crippen LogP contribution in [0.5, 0.6) is 0 Å². The molecule has 0 aliphatic carbocycles. The van der Waals surface area contributed by atoms with Gasteiger partial charge in [0.2, 0.25) is 0 Å². The largest absolute Gasteiger partial charge is 0.394 e. The van der Waals surface area contributed by atoms with Crippen molar-refractivity contribution in [3.63, 3.8) is 0 Å². The molecule has 0 amide bonds. The molecule has 0 aliphatic heterocycles. The molecule has 2 N–H and O–H groups in total. The Morgan fingerprint density at radius 3 is 1.39 bits per heavy atom. The van der Waals surface area contributed by atoms with Crippen LogP contribution in [0.4, 0.5) is 0 Å². The Bertz CT molecular complexity index is 212. The van der Waals surface area contributed by atoms with Crippen LogP contribution in [0.15, 0.2) is 0 Å². The third kappa shape index (κ3) is 43.6. The van der Waals surface area contributed by atoms with Gasteiger partial charge in [0.25, 0.3) is 0 Å². The van der Waals surface area contributed by atoms with Crippen molar-refractivity contribution in [2.75, 3.05) is 0 Å². The van der Waals surface area contributed by atoms with E-state index in [2.05, 4.69) is 13.8 Å². The summed E-state index contributed by atoms with van der Waals surface area (Å²) in [5.41, 5.74) is 0. The van der Waals surface area contributed by atoms with Crippen LogP contribution >= 0.6 is 0 Å². The normalized spacial score (nSPS) is 10.2. The van der Waals surface area contributed by atoms with E-state index < -0.39 is 10.4 Å². The van der Waals surface area contributed by atoms with Gasteiger partial charge in [-0.1, -0.05) is 78.1 Å². The Morgan fingerprint density at radius 1 is 0.833 bits per heavy atom. The molecule has 0 aromatic heterocycles. The first-order chi connectivity index (χ1) is 7.91. The minimum absolute atomic E-state index is 0. The zero-order valence-corrected chi connectivity index (χ0v) is 14.7. The van der Waals surface area contributed by atoms with E-state index in [0.29, 0.717) is 0 Å². The summed E-state index contributed by atoms with van der Waals surface area (Å²) >= 11 is 0. The summed E-state index contributed by atoms with van der Waals surface area (Å²) < 4.78 is 31.6. The maximum atomic E-state index is 8.74. The fourth-order valence-corrected chi connectivity index (χ4v) is 1.49. The SMILES string of the molecule is O=S(=O)(O)O.[CH2]CCCCCCCCCCC.[Na]. The van der Waals surface area contributed by atoms with Crippen molar-refractivity contribution in [3.8, 4) is 0 Å². The van der Waals surface area contributed by atoms with Gasteiger partial charge in [-0.3, -0.25) is 9.11 Å². The first-order valence-corrected chi connectivity index (χ1v) is 7.80. The molecule has 0 atom stereocenters. The average Bonchev–Trinajstić information content (AvgIpc) is 2.20. The molecule has 0 bridgehead atoms. The molecule has 4 nitrogen and oxygen atoms in total. The molecule has 0 aromatic rings. The topological polar surface area (TPSA) is 74.6 Å². The Labute approximate surface area is 135 Å². The summed E-state index contributed by atoms with van der Waals surface area (Å²) in [7, 11) is -4.67. The number of hydrogen-bond donors (Lipinski definition) is 2. The van der Waals surface area contributed by atoms with Crippen LogP contribution < -0.4 is 0 Å². The van der Waals surface area contributed by atoms with Crippen molar-refractivity contribution in [3.05, 3.63) is 6.92 Å². The van der Waals surface area contributed by atoms with Gasteiger partial charge >= 0.3 is 10.4 Å². The van der Waals surface area contributed by atoms with Crippen molar-refractivity contribution in [2.45, 2.75) is 71.1 Å². The van der Waals surface area contributed by atoms with E-state index in [1.807, 2.05) is 0 Å². The van der Waals surface area contributed by atoms with Gasteiger partial charge in [0.05, 0.1) is 0 Å². The van der Waals surface area contributed by atoms with Crippen molar-refractivity contribution in [2.24, 2.45) is 0 Å². The van der Waals surface area contributed by atoms with Gasteiger partial charge in [-0.2, -0.15) is 8.42 Å². The standard InChI is InChI=1S/C12H25.Na.H2O4S/c1-3-5-7-9-11-12-10-8-6-4-2;;1-5(2,3)4/h1,3-12H2,2H3;;(H2,1,2,3,4). The third-order valence-corrected chi connectivity index (χ3v) is 2.35. The molecule has 6 heteroatoms. The average molecular weight is 290 g/mol. The monoisotopic (exact) mass is 290 g/mol. The Balaban J connectivity index is -0.000000321. The fourth-order valence-electron chi connectivity index (χ4n) is 1.49. The van der Waals surface area contributed by atoms with Gasteiger partial charge < -0.3 is 0 Å². The third-order valence-electron chi connectivity index (χ3n) is 2.35. The Morgan fingerprint density at radius 2 is 1.11 bits per heavy atom. The van der Waals surface area contributed by atoms with Crippen molar-refractivity contribution < 1.29 is 17.5 Å². The van der Waals surface area contributed by atoms with Crippen molar-refractivity contribution in [1.82, 2.24) is 0 Å². The molecular weight excluding hydrogens is 263 g/mol. The van der Waals surface area contributed by atoms with Gasteiger partial charge in [-0.15, -0.1) is 0 Å². The van der Waals surface area contributed by atoms with Crippen LogP contribution in [0, 0.1) is 6.92 Å². The van der Waals surface area contributed by atoms with Crippen molar-refractivity contribution in [1.29, 1.82) is 0 Å². The summed E-state index contributed by atoms with van der Waals surface area (Å²) in [6, 6.07) is 0. The van der Waals surface area contributed by atoms with Crippen LogP contribution in [-0.4, -0.2) is 47.1 Å². The van der Waals surface area contributed by atoms with E-state index >= 15 is 0 Å². The van der Waals surface area contributed by atoms with Crippen molar-refractivity contribution >= 4 is 40.0 Å². The summed E-state index contributed by atoms with van der Waals surface area (Å²) in [5.74, 6) is 0. The van der Waals surface area contributed by atoms with Crippen LogP contribution in [-0.2, 0) is 10.4 Å². The molecule has 0 saturated heterocycles. The second-order valence-corrected chi connectivity index (χ2v) is 5.03. The summed E-state index contributed by atoms with van der Waals surface area (Å²) in [4.78, 5) is 0. The van der Waals surface area contributed by atoms with Crippen LogP contribution in [0.3, 0.4) is 0 Å². The summed E-state index contributed by atoms with van der Waals surface area (Å²) in [5, 5.41) is 0. The second kappa shape index (κ2) is 17.9. The quantitative estimate of drug-likeness (QED) is 0.385. The summed E-state index contributed by atoms with van der Waals surface area (Å²) in [6.07, 6.45) is 13.9. The molecule has 0 heterocycles.